The molecule has 2 N–H and O–H groups in total. The Bertz CT molecular complexity index is 1240. The van der Waals surface area contributed by atoms with Gasteiger partial charge in [0.1, 0.15) is 11.3 Å². The highest BCUT2D eigenvalue weighted by Crippen LogP contribution is 2.49. The fraction of sp³-hybridized carbons (Fsp3) is 0.316. The van der Waals surface area contributed by atoms with Crippen LogP contribution < -0.4 is 10.3 Å². The molecule has 9 heteroatoms. The van der Waals surface area contributed by atoms with Crippen molar-refractivity contribution in [2.24, 2.45) is 5.92 Å². The quantitative estimate of drug-likeness (QED) is 0.678. The number of H-pyrrole nitrogens is 2. The Morgan fingerprint density at radius 3 is 2.57 bits per heavy atom. The molecule has 1 fully saturated rings. The molecule has 0 saturated heterocycles. The van der Waals surface area contributed by atoms with Crippen LogP contribution >= 0.6 is 0 Å². The molecule has 6 nitrogen and oxygen atoms in total. The van der Waals surface area contributed by atoms with E-state index < -0.39 is 21.7 Å². The number of rotatable bonds is 5. The standard InChI is InChI=1S/C19H18F2N2O4S/c1-10-7-23-18(24)17-16(10)14(8-22-17)13-5-12(28(2,25)26)3-4-15(13)27-9-11-6-19(11,20)21/h3-5,7-8,11,22H,6,9H2,1-2H3,(H,23,24). The Kier molecular flexibility index (Phi) is 4.11. The third kappa shape index (κ3) is 3.19. The van der Waals surface area contributed by atoms with Crippen LogP contribution in [0, 0.1) is 12.8 Å². The molecule has 0 bridgehead atoms. The minimum atomic E-state index is -3.50. The maximum atomic E-state index is 13.2. The van der Waals surface area contributed by atoms with Crippen LogP contribution in [0.3, 0.4) is 0 Å². The first-order valence-electron chi connectivity index (χ1n) is 8.62. The van der Waals surface area contributed by atoms with Gasteiger partial charge in [0.25, 0.3) is 11.5 Å². The second-order valence-corrected chi connectivity index (χ2v) is 9.17. The predicted molar refractivity (Wildman–Crippen MR) is 101 cm³/mol. The summed E-state index contributed by atoms with van der Waals surface area (Å²) in [4.78, 5) is 17.7. The summed E-state index contributed by atoms with van der Waals surface area (Å²) in [6, 6.07) is 4.29. The van der Waals surface area contributed by atoms with Crippen molar-refractivity contribution in [1.82, 2.24) is 9.97 Å². The van der Waals surface area contributed by atoms with Gasteiger partial charge in [0.15, 0.2) is 9.84 Å². The largest absolute Gasteiger partial charge is 0.492 e. The molecule has 1 aliphatic rings. The third-order valence-electron chi connectivity index (χ3n) is 4.99. The highest BCUT2D eigenvalue weighted by Gasteiger charge is 2.57. The third-order valence-corrected chi connectivity index (χ3v) is 6.10. The zero-order valence-electron chi connectivity index (χ0n) is 15.2. The molecule has 2 aromatic heterocycles. The van der Waals surface area contributed by atoms with E-state index in [2.05, 4.69) is 9.97 Å². The van der Waals surface area contributed by atoms with E-state index in [9.17, 15) is 22.0 Å². The van der Waals surface area contributed by atoms with Gasteiger partial charge in [0.2, 0.25) is 0 Å². The normalized spacial score (nSPS) is 18.4. The van der Waals surface area contributed by atoms with Crippen molar-refractivity contribution in [2.75, 3.05) is 12.9 Å². The van der Waals surface area contributed by atoms with Gasteiger partial charge in [0.05, 0.1) is 17.4 Å². The first kappa shape index (κ1) is 18.7. The molecule has 1 unspecified atom stereocenters. The van der Waals surface area contributed by atoms with Crippen molar-refractivity contribution < 1.29 is 21.9 Å². The molecule has 1 saturated carbocycles. The van der Waals surface area contributed by atoms with Crippen LogP contribution in [0.25, 0.3) is 22.0 Å². The smallest absolute Gasteiger partial charge is 0.272 e. The highest BCUT2D eigenvalue weighted by atomic mass is 32.2. The van der Waals surface area contributed by atoms with Crippen molar-refractivity contribution in [3.05, 3.63) is 46.5 Å². The highest BCUT2D eigenvalue weighted by molar-refractivity contribution is 7.90. The van der Waals surface area contributed by atoms with Crippen molar-refractivity contribution in [1.29, 1.82) is 0 Å². The summed E-state index contributed by atoms with van der Waals surface area (Å²) < 4.78 is 56.0. The maximum Gasteiger partial charge on any atom is 0.272 e. The molecule has 0 spiro atoms. The number of alkyl halides is 2. The molecule has 1 aliphatic carbocycles. The average molecular weight is 408 g/mol. The molecular weight excluding hydrogens is 390 g/mol. The fourth-order valence-corrected chi connectivity index (χ4v) is 3.91. The lowest BCUT2D eigenvalue weighted by atomic mass is 10.0. The molecule has 3 aromatic rings. The van der Waals surface area contributed by atoms with E-state index in [0.717, 1.165) is 11.8 Å². The Morgan fingerprint density at radius 1 is 1.21 bits per heavy atom. The van der Waals surface area contributed by atoms with Crippen molar-refractivity contribution in [2.45, 2.75) is 24.2 Å². The summed E-state index contributed by atoms with van der Waals surface area (Å²) in [5.74, 6) is -3.27. The number of aryl methyl sites for hydroxylation is 1. The monoisotopic (exact) mass is 408 g/mol. The lowest BCUT2D eigenvalue weighted by molar-refractivity contribution is 0.0857. The minimum absolute atomic E-state index is 0.0726. The number of hydrogen-bond acceptors (Lipinski definition) is 4. The predicted octanol–water partition coefficient (Wildman–Crippen LogP) is 3.27. The number of benzene rings is 1. The van der Waals surface area contributed by atoms with E-state index >= 15 is 0 Å². The summed E-state index contributed by atoms with van der Waals surface area (Å²) in [6.45, 7) is 1.64. The SMILES string of the molecule is Cc1c[nH]c(=O)c2[nH]cc(-c3cc(S(C)(=O)=O)ccc3OCC3CC3(F)F)c12. The van der Waals surface area contributed by atoms with E-state index in [0.29, 0.717) is 22.0 Å². The Morgan fingerprint density at radius 2 is 1.93 bits per heavy atom. The topological polar surface area (TPSA) is 92.0 Å². The second kappa shape index (κ2) is 6.16. The molecule has 4 rings (SSSR count). The van der Waals surface area contributed by atoms with Crippen LogP contribution in [0.4, 0.5) is 8.78 Å². The first-order chi connectivity index (χ1) is 13.1. The van der Waals surface area contributed by atoms with Crippen LogP contribution in [0.2, 0.25) is 0 Å². The van der Waals surface area contributed by atoms with Gasteiger partial charge in [-0.15, -0.1) is 0 Å². The van der Waals surface area contributed by atoms with Crippen LogP contribution in [0.1, 0.15) is 12.0 Å². The van der Waals surface area contributed by atoms with Crippen LogP contribution in [0.5, 0.6) is 5.75 Å². The number of sulfone groups is 1. The van der Waals surface area contributed by atoms with Gasteiger partial charge in [0, 0.05) is 41.6 Å². The van der Waals surface area contributed by atoms with E-state index in [4.69, 9.17) is 4.74 Å². The lowest BCUT2D eigenvalue weighted by Gasteiger charge is -2.13. The molecule has 1 aromatic carbocycles. The number of hydrogen-bond donors (Lipinski definition) is 2. The fourth-order valence-electron chi connectivity index (χ4n) is 3.26. The molecule has 0 radical (unpaired) electrons. The van der Waals surface area contributed by atoms with Gasteiger partial charge in [-0.1, -0.05) is 0 Å². The van der Waals surface area contributed by atoms with Gasteiger partial charge in [-0.05, 0) is 30.7 Å². The average Bonchev–Trinajstić information content (AvgIpc) is 3.03. The summed E-state index contributed by atoms with van der Waals surface area (Å²) in [7, 11) is -3.50. The second-order valence-electron chi connectivity index (χ2n) is 7.16. The number of ether oxygens (including phenoxy) is 1. The molecule has 0 aliphatic heterocycles. The zero-order valence-corrected chi connectivity index (χ0v) is 16.0. The first-order valence-corrected chi connectivity index (χ1v) is 10.5. The van der Waals surface area contributed by atoms with E-state index in [1.807, 2.05) is 0 Å². The Hall–Kier alpha value is -2.68. The Labute approximate surface area is 159 Å². The number of aromatic nitrogens is 2. The number of pyridine rings is 1. The van der Waals surface area contributed by atoms with Gasteiger partial charge < -0.3 is 14.7 Å². The number of aromatic amines is 2. The van der Waals surface area contributed by atoms with Crippen molar-refractivity contribution in [3.63, 3.8) is 0 Å². The summed E-state index contributed by atoms with van der Waals surface area (Å²) in [5, 5.41) is 0.621. The molecular formula is C19H18F2N2O4S. The number of halogens is 2. The van der Waals surface area contributed by atoms with Crippen LogP contribution in [0.15, 0.2) is 40.3 Å². The molecule has 148 valence electrons. The Balaban J connectivity index is 1.86. The van der Waals surface area contributed by atoms with Gasteiger partial charge in [-0.3, -0.25) is 4.79 Å². The molecule has 0 amide bonds. The molecule has 1 atom stereocenters. The van der Waals surface area contributed by atoms with Gasteiger partial charge >= 0.3 is 0 Å². The molecule has 28 heavy (non-hydrogen) atoms. The molecule has 2 heterocycles. The summed E-state index contributed by atoms with van der Waals surface area (Å²) in [6.07, 6.45) is 4.02. The number of fused-ring (bicyclic) bond motifs is 1. The van der Waals surface area contributed by atoms with Crippen LogP contribution in [-0.2, 0) is 9.84 Å². The maximum absolute atomic E-state index is 13.2. The van der Waals surface area contributed by atoms with E-state index in [-0.39, 0.29) is 29.2 Å². The van der Waals surface area contributed by atoms with E-state index in [1.165, 1.54) is 18.2 Å². The summed E-state index contributed by atoms with van der Waals surface area (Å²) in [5.41, 5.74) is 1.80. The lowest BCUT2D eigenvalue weighted by Crippen LogP contribution is -2.07. The van der Waals surface area contributed by atoms with Crippen LogP contribution in [-0.4, -0.2) is 37.2 Å². The van der Waals surface area contributed by atoms with Crippen molar-refractivity contribution in [3.8, 4) is 16.9 Å². The van der Waals surface area contributed by atoms with Gasteiger partial charge in [-0.2, -0.15) is 0 Å². The van der Waals surface area contributed by atoms with E-state index in [1.54, 1.807) is 19.3 Å². The zero-order chi connectivity index (χ0) is 20.3. The van der Waals surface area contributed by atoms with Gasteiger partial charge in [-0.25, -0.2) is 17.2 Å². The number of nitrogens with one attached hydrogen (secondary N) is 2. The summed E-state index contributed by atoms with van der Waals surface area (Å²) >= 11 is 0. The van der Waals surface area contributed by atoms with Crippen molar-refractivity contribution >= 4 is 20.7 Å². The minimum Gasteiger partial charge on any atom is -0.492 e.